The highest BCUT2D eigenvalue weighted by atomic mass is 35.5. The zero-order valence-electron chi connectivity index (χ0n) is 20.6. The van der Waals surface area contributed by atoms with Gasteiger partial charge in [-0.15, -0.1) is 0 Å². The molecule has 0 aliphatic carbocycles. The Hall–Kier alpha value is -3.77. The Labute approximate surface area is 216 Å². The first-order valence-electron chi connectivity index (χ1n) is 11.8. The number of likely N-dealkylation sites (tertiary alicyclic amines) is 1. The van der Waals surface area contributed by atoms with Crippen LogP contribution >= 0.6 is 11.6 Å². The van der Waals surface area contributed by atoms with Gasteiger partial charge in [-0.05, 0) is 60.9 Å². The summed E-state index contributed by atoms with van der Waals surface area (Å²) in [6, 6.07) is 21.2. The monoisotopic (exact) mass is 504 g/mol. The predicted octanol–water partition coefficient (Wildman–Crippen LogP) is 5.47. The van der Waals surface area contributed by atoms with E-state index in [1.165, 1.54) is 0 Å². The number of rotatable bonds is 8. The zero-order valence-corrected chi connectivity index (χ0v) is 21.3. The van der Waals surface area contributed by atoms with Gasteiger partial charge in [-0.1, -0.05) is 48.0 Å². The number of aliphatic hydroxyl groups is 1. The quantitative estimate of drug-likeness (QED) is 0.250. The van der Waals surface area contributed by atoms with Crippen LogP contribution in [0.15, 0.2) is 78.4 Å². The molecule has 0 aromatic heterocycles. The second-order valence-electron chi connectivity index (χ2n) is 8.82. The molecule has 7 heteroatoms. The van der Waals surface area contributed by atoms with E-state index < -0.39 is 17.7 Å². The smallest absolute Gasteiger partial charge is 0.295 e. The van der Waals surface area contributed by atoms with Gasteiger partial charge in [0.05, 0.1) is 18.2 Å². The molecule has 1 aliphatic rings. The van der Waals surface area contributed by atoms with Crippen LogP contribution in [0.4, 0.5) is 5.69 Å². The Bertz CT molecular complexity index is 1280. The number of carbonyl (C=O) groups excluding carboxylic acids is 2. The molecule has 0 spiro atoms. The number of halogens is 1. The molecule has 0 saturated carbocycles. The molecule has 1 fully saturated rings. The summed E-state index contributed by atoms with van der Waals surface area (Å²) in [5.74, 6) is -0.976. The molecule has 1 N–H and O–H groups in total. The van der Waals surface area contributed by atoms with Crippen molar-refractivity contribution in [1.29, 1.82) is 0 Å². The van der Waals surface area contributed by atoms with Crippen molar-refractivity contribution >= 4 is 34.7 Å². The molecular formula is C29H29ClN2O4. The highest BCUT2D eigenvalue weighted by Crippen LogP contribution is 2.40. The average molecular weight is 505 g/mol. The van der Waals surface area contributed by atoms with E-state index in [-0.39, 0.29) is 11.3 Å². The van der Waals surface area contributed by atoms with Crippen molar-refractivity contribution in [1.82, 2.24) is 4.90 Å². The van der Waals surface area contributed by atoms with Crippen molar-refractivity contribution in [2.75, 3.05) is 32.1 Å². The fraction of sp³-hybridized carbons (Fsp3) is 0.241. The summed E-state index contributed by atoms with van der Waals surface area (Å²) < 4.78 is 5.56. The van der Waals surface area contributed by atoms with Crippen LogP contribution in [0.25, 0.3) is 5.76 Å². The summed E-state index contributed by atoms with van der Waals surface area (Å²) in [7, 11) is 3.89. The highest BCUT2D eigenvalue weighted by Gasteiger charge is 2.45. The molecule has 1 heterocycles. The minimum Gasteiger partial charge on any atom is -0.507 e. The number of hydrogen-bond donors (Lipinski definition) is 1. The number of hydrogen-bond acceptors (Lipinski definition) is 5. The van der Waals surface area contributed by atoms with Crippen LogP contribution in [-0.4, -0.2) is 48.9 Å². The summed E-state index contributed by atoms with van der Waals surface area (Å²) in [4.78, 5) is 30.0. The lowest BCUT2D eigenvalue weighted by molar-refractivity contribution is -0.139. The molecule has 3 aromatic carbocycles. The number of nitrogens with zero attached hydrogens (tertiary/aromatic N) is 2. The molecule has 1 saturated heterocycles. The predicted molar refractivity (Wildman–Crippen MR) is 143 cm³/mol. The molecule has 0 bridgehead atoms. The first kappa shape index (κ1) is 25.3. The van der Waals surface area contributed by atoms with E-state index in [0.29, 0.717) is 35.9 Å². The number of carbonyl (C=O) groups is 2. The van der Waals surface area contributed by atoms with Crippen LogP contribution in [0.1, 0.15) is 29.7 Å². The standard InChI is InChI=1S/C29H29ClN2O4/c1-4-36-24-7-5-6-21(18-24)27(33)25-26(20-10-14-23(15-11-20)31(2)3)32(29(35)28(25)34)17-16-19-8-12-22(30)13-9-19/h5-15,18,26,33H,4,16-17H2,1-3H3/b27-25-. The third-order valence-electron chi connectivity index (χ3n) is 6.24. The van der Waals surface area contributed by atoms with Crippen LogP contribution in [0.3, 0.4) is 0 Å². The van der Waals surface area contributed by atoms with E-state index in [1.807, 2.05) is 62.3 Å². The number of amides is 1. The van der Waals surface area contributed by atoms with Crippen molar-refractivity contribution in [3.05, 3.63) is 100 Å². The summed E-state index contributed by atoms with van der Waals surface area (Å²) in [5.41, 5.74) is 3.22. The Morgan fingerprint density at radius 1 is 1.03 bits per heavy atom. The van der Waals surface area contributed by atoms with Crippen molar-refractivity contribution in [2.45, 2.75) is 19.4 Å². The maximum absolute atomic E-state index is 13.3. The molecule has 1 amide bonds. The van der Waals surface area contributed by atoms with Gasteiger partial charge in [0, 0.05) is 36.9 Å². The Balaban J connectivity index is 1.77. The first-order valence-corrected chi connectivity index (χ1v) is 12.2. The van der Waals surface area contributed by atoms with E-state index in [4.69, 9.17) is 16.3 Å². The molecule has 36 heavy (non-hydrogen) atoms. The molecule has 6 nitrogen and oxygen atoms in total. The van der Waals surface area contributed by atoms with Crippen molar-refractivity contribution in [3.8, 4) is 5.75 Å². The van der Waals surface area contributed by atoms with Gasteiger partial charge >= 0.3 is 0 Å². The van der Waals surface area contributed by atoms with Gasteiger partial charge < -0.3 is 19.6 Å². The number of benzene rings is 3. The molecular weight excluding hydrogens is 476 g/mol. The van der Waals surface area contributed by atoms with E-state index in [9.17, 15) is 14.7 Å². The highest BCUT2D eigenvalue weighted by molar-refractivity contribution is 6.46. The fourth-order valence-electron chi connectivity index (χ4n) is 4.37. The molecule has 1 unspecified atom stereocenters. The molecule has 1 atom stereocenters. The summed E-state index contributed by atoms with van der Waals surface area (Å²) >= 11 is 6.01. The third-order valence-corrected chi connectivity index (χ3v) is 6.49. The molecule has 4 rings (SSSR count). The minimum absolute atomic E-state index is 0.0716. The number of Topliss-reactive ketones (excluding diaryl/α,β-unsaturated/α-hetero) is 1. The summed E-state index contributed by atoms with van der Waals surface area (Å²) in [6.07, 6.45) is 0.538. The van der Waals surface area contributed by atoms with E-state index in [0.717, 1.165) is 16.8 Å². The molecule has 1 aliphatic heterocycles. The second-order valence-corrected chi connectivity index (χ2v) is 9.25. The average Bonchev–Trinajstić information content (AvgIpc) is 3.13. The Morgan fingerprint density at radius 3 is 2.36 bits per heavy atom. The van der Waals surface area contributed by atoms with Crippen molar-refractivity contribution in [3.63, 3.8) is 0 Å². The normalized spacial score (nSPS) is 16.9. The maximum atomic E-state index is 13.3. The van der Waals surface area contributed by atoms with Crippen LogP contribution in [0, 0.1) is 0 Å². The molecule has 3 aromatic rings. The van der Waals surface area contributed by atoms with Crippen LogP contribution in [0.2, 0.25) is 5.02 Å². The van der Waals surface area contributed by atoms with Gasteiger partial charge in [0.15, 0.2) is 0 Å². The van der Waals surface area contributed by atoms with Gasteiger partial charge in [0.2, 0.25) is 0 Å². The molecule has 0 radical (unpaired) electrons. The summed E-state index contributed by atoms with van der Waals surface area (Å²) in [5, 5.41) is 11.9. The van der Waals surface area contributed by atoms with Gasteiger partial charge in [0.1, 0.15) is 11.5 Å². The van der Waals surface area contributed by atoms with Crippen molar-refractivity contribution < 1.29 is 19.4 Å². The van der Waals surface area contributed by atoms with Gasteiger partial charge in [0.25, 0.3) is 11.7 Å². The number of anilines is 1. The van der Waals surface area contributed by atoms with E-state index >= 15 is 0 Å². The lowest BCUT2D eigenvalue weighted by Crippen LogP contribution is -2.31. The molecule has 186 valence electrons. The van der Waals surface area contributed by atoms with E-state index in [2.05, 4.69) is 0 Å². The lowest BCUT2D eigenvalue weighted by atomic mass is 9.95. The maximum Gasteiger partial charge on any atom is 0.295 e. The van der Waals surface area contributed by atoms with Crippen LogP contribution < -0.4 is 9.64 Å². The third kappa shape index (κ3) is 5.24. The SMILES string of the molecule is CCOc1cccc(/C(O)=C2/C(=O)C(=O)N(CCc3ccc(Cl)cc3)C2c2ccc(N(C)C)cc2)c1. The topological polar surface area (TPSA) is 70.1 Å². The largest absolute Gasteiger partial charge is 0.507 e. The number of ether oxygens (including phenoxy) is 1. The van der Waals surface area contributed by atoms with Gasteiger partial charge in [-0.3, -0.25) is 9.59 Å². The van der Waals surface area contributed by atoms with E-state index in [1.54, 1.807) is 41.3 Å². The van der Waals surface area contributed by atoms with Gasteiger partial charge in [-0.2, -0.15) is 0 Å². The van der Waals surface area contributed by atoms with Crippen LogP contribution in [-0.2, 0) is 16.0 Å². The van der Waals surface area contributed by atoms with Crippen LogP contribution in [0.5, 0.6) is 5.75 Å². The Kier molecular flexibility index (Phi) is 7.65. The fourth-order valence-corrected chi connectivity index (χ4v) is 4.49. The Morgan fingerprint density at radius 2 is 1.72 bits per heavy atom. The first-order chi connectivity index (χ1) is 17.3. The lowest BCUT2D eigenvalue weighted by Gasteiger charge is -2.26. The minimum atomic E-state index is -0.718. The number of ketones is 1. The van der Waals surface area contributed by atoms with Gasteiger partial charge in [-0.25, -0.2) is 0 Å². The summed E-state index contributed by atoms with van der Waals surface area (Å²) in [6.45, 7) is 2.65. The van der Waals surface area contributed by atoms with Crippen molar-refractivity contribution in [2.24, 2.45) is 0 Å². The zero-order chi connectivity index (χ0) is 25.8. The second kappa shape index (κ2) is 10.9. The number of aliphatic hydroxyl groups excluding tert-OH is 1.